The summed E-state index contributed by atoms with van der Waals surface area (Å²) in [7, 11) is 1.10. The van der Waals surface area contributed by atoms with Crippen molar-refractivity contribution in [3.05, 3.63) is 44.2 Å². The predicted octanol–water partition coefficient (Wildman–Crippen LogP) is 2.36. The summed E-state index contributed by atoms with van der Waals surface area (Å²) in [5.74, 6) is -2.72. The smallest absolute Gasteiger partial charge is 0.343 e. The fraction of sp³-hybridized carbons (Fsp3) is 0.0909. The Balaban J connectivity index is 2.94. The Bertz CT molecular complexity index is 711. The molecule has 0 bridgehead atoms. The van der Waals surface area contributed by atoms with Crippen molar-refractivity contribution in [2.24, 2.45) is 0 Å². The first kappa shape index (κ1) is 12.7. The maximum absolute atomic E-state index is 13.5. The molecule has 0 aliphatic carbocycles. The number of aromatic amines is 1. The number of halogens is 3. The largest absolute Gasteiger partial charge is 0.465 e. The summed E-state index contributed by atoms with van der Waals surface area (Å²) < 4.78 is 31.0. The maximum Gasteiger partial charge on any atom is 0.343 e. The molecule has 1 aromatic carbocycles. The van der Waals surface area contributed by atoms with Gasteiger partial charge in [-0.05, 0) is 15.9 Å². The van der Waals surface area contributed by atoms with E-state index in [1.807, 2.05) is 0 Å². The molecule has 2 aromatic rings. The highest BCUT2D eigenvalue weighted by atomic mass is 79.9. The van der Waals surface area contributed by atoms with Crippen LogP contribution in [-0.2, 0) is 4.74 Å². The highest BCUT2D eigenvalue weighted by Crippen LogP contribution is 2.25. The average Bonchev–Trinajstić information content (AvgIpc) is 2.35. The van der Waals surface area contributed by atoms with Crippen LogP contribution in [0, 0.1) is 11.6 Å². The van der Waals surface area contributed by atoms with Gasteiger partial charge < -0.3 is 9.72 Å². The number of nitrogens with one attached hydrogen (secondary N) is 1. The van der Waals surface area contributed by atoms with Crippen LogP contribution in [0.5, 0.6) is 0 Å². The van der Waals surface area contributed by atoms with Gasteiger partial charge in [0.15, 0.2) is 0 Å². The molecule has 0 atom stereocenters. The molecule has 18 heavy (non-hydrogen) atoms. The van der Waals surface area contributed by atoms with Gasteiger partial charge in [0, 0.05) is 12.3 Å². The molecule has 2 rings (SSSR count). The molecule has 1 aromatic heterocycles. The summed E-state index contributed by atoms with van der Waals surface area (Å²) in [6.45, 7) is 0. The molecule has 0 aliphatic rings. The van der Waals surface area contributed by atoms with Crippen LogP contribution in [-0.4, -0.2) is 18.1 Å². The fourth-order valence-corrected chi connectivity index (χ4v) is 2.05. The molecule has 7 heteroatoms. The minimum atomic E-state index is -0.924. The minimum Gasteiger partial charge on any atom is -0.465 e. The summed E-state index contributed by atoms with van der Waals surface area (Å²) in [6.07, 6.45) is 1.03. The lowest BCUT2D eigenvalue weighted by molar-refractivity contribution is 0.0599. The van der Waals surface area contributed by atoms with Crippen molar-refractivity contribution < 1.29 is 18.3 Å². The molecule has 0 saturated heterocycles. The fourth-order valence-electron chi connectivity index (χ4n) is 1.56. The van der Waals surface area contributed by atoms with E-state index in [9.17, 15) is 18.4 Å². The van der Waals surface area contributed by atoms with Crippen LogP contribution in [0.1, 0.15) is 10.4 Å². The van der Waals surface area contributed by atoms with Gasteiger partial charge in [-0.1, -0.05) is 0 Å². The second-order valence-corrected chi connectivity index (χ2v) is 4.22. The minimum absolute atomic E-state index is 0.180. The van der Waals surface area contributed by atoms with Crippen molar-refractivity contribution in [3.8, 4) is 0 Å². The molecule has 0 fully saturated rings. The van der Waals surface area contributed by atoms with E-state index in [0.29, 0.717) is 6.07 Å². The number of methoxy groups -OCH3 is 1. The third-order valence-corrected chi connectivity index (χ3v) is 3.18. The van der Waals surface area contributed by atoms with Gasteiger partial charge in [-0.2, -0.15) is 0 Å². The third kappa shape index (κ3) is 1.80. The molecule has 0 amide bonds. The Morgan fingerprint density at radius 1 is 1.39 bits per heavy atom. The lowest BCUT2D eigenvalue weighted by atomic mass is 10.1. The number of rotatable bonds is 1. The number of benzene rings is 1. The average molecular weight is 318 g/mol. The first-order valence-corrected chi connectivity index (χ1v) is 5.54. The lowest BCUT2D eigenvalue weighted by Gasteiger charge is -2.05. The SMILES string of the molecule is COC(=O)c1c[nH]c2c(F)cc(F)c(Br)c2c1=O. The number of pyridine rings is 1. The molecule has 94 valence electrons. The number of hydrogen-bond donors (Lipinski definition) is 1. The number of H-pyrrole nitrogens is 1. The first-order valence-electron chi connectivity index (χ1n) is 4.74. The topological polar surface area (TPSA) is 59.2 Å². The van der Waals surface area contributed by atoms with E-state index in [-0.39, 0.29) is 20.9 Å². The highest BCUT2D eigenvalue weighted by molar-refractivity contribution is 9.10. The number of aromatic nitrogens is 1. The summed E-state index contributed by atoms with van der Waals surface area (Å²) in [5.41, 5.74) is -1.31. The van der Waals surface area contributed by atoms with Crippen molar-refractivity contribution in [1.82, 2.24) is 4.98 Å². The number of ether oxygens (including phenoxy) is 1. The third-order valence-electron chi connectivity index (χ3n) is 2.41. The summed E-state index contributed by atoms with van der Waals surface area (Å²) in [5, 5.41) is -0.268. The Hall–Kier alpha value is -1.76. The second kappa shape index (κ2) is 4.49. The number of carbonyl (C=O) groups is 1. The van der Waals surface area contributed by atoms with Gasteiger partial charge in [0.25, 0.3) is 0 Å². The van der Waals surface area contributed by atoms with E-state index in [1.165, 1.54) is 0 Å². The molecule has 4 nitrogen and oxygen atoms in total. The molecule has 1 heterocycles. The maximum atomic E-state index is 13.5. The van der Waals surface area contributed by atoms with Gasteiger partial charge >= 0.3 is 5.97 Å². The van der Waals surface area contributed by atoms with Crippen molar-refractivity contribution in [1.29, 1.82) is 0 Å². The summed E-state index contributed by atoms with van der Waals surface area (Å²) in [4.78, 5) is 25.7. The van der Waals surface area contributed by atoms with Crippen molar-refractivity contribution >= 4 is 32.8 Å². The number of hydrogen-bond acceptors (Lipinski definition) is 3. The molecular weight excluding hydrogens is 312 g/mol. The van der Waals surface area contributed by atoms with Gasteiger partial charge in [0.1, 0.15) is 17.2 Å². The Labute approximate surface area is 108 Å². The standard InChI is InChI=1S/C11H6BrF2NO3/c1-18-11(17)4-3-15-9-6(14)2-5(13)8(12)7(9)10(4)16/h2-3H,1H3,(H,15,16). The summed E-state index contributed by atoms with van der Waals surface area (Å²) in [6, 6.07) is 0.639. The van der Waals surface area contributed by atoms with Gasteiger partial charge in [-0.3, -0.25) is 4.79 Å². The monoisotopic (exact) mass is 317 g/mol. The summed E-state index contributed by atoms with van der Waals surface area (Å²) >= 11 is 2.86. The van der Waals surface area contributed by atoms with E-state index in [1.54, 1.807) is 0 Å². The van der Waals surface area contributed by atoms with Crippen LogP contribution >= 0.6 is 15.9 Å². The highest BCUT2D eigenvalue weighted by Gasteiger charge is 2.19. The number of esters is 1. The van der Waals surface area contributed by atoms with Crippen molar-refractivity contribution in [3.63, 3.8) is 0 Å². The van der Waals surface area contributed by atoms with Crippen molar-refractivity contribution in [2.45, 2.75) is 0 Å². The first-order chi connectivity index (χ1) is 8.47. The molecule has 0 unspecified atom stereocenters. The molecular formula is C11H6BrF2NO3. The molecule has 0 spiro atoms. The molecule has 0 aliphatic heterocycles. The van der Waals surface area contributed by atoms with E-state index in [2.05, 4.69) is 25.7 Å². The molecule has 0 saturated carbocycles. The Morgan fingerprint density at radius 2 is 2.06 bits per heavy atom. The van der Waals surface area contributed by atoms with E-state index in [0.717, 1.165) is 13.3 Å². The van der Waals surface area contributed by atoms with Crippen LogP contribution in [0.15, 0.2) is 21.5 Å². The number of fused-ring (bicyclic) bond motifs is 1. The molecule has 1 N–H and O–H groups in total. The van der Waals surface area contributed by atoms with Crippen LogP contribution in [0.2, 0.25) is 0 Å². The van der Waals surface area contributed by atoms with Gasteiger partial charge in [0.05, 0.1) is 22.5 Å². The van der Waals surface area contributed by atoms with E-state index < -0.39 is 23.0 Å². The second-order valence-electron chi connectivity index (χ2n) is 3.43. The van der Waals surface area contributed by atoms with E-state index in [4.69, 9.17) is 0 Å². The molecule has 0 radical (unpaired) electrons. The van der Waals surface area contributed by atoms with Crippen molar-refractivity contribution in [2.75, 3.05) is 7.11 Å². The Kier molecular flexibility index (Phi) is 3.16. The predicted molar refractivity (Wildman–Crippen MR) is 63.5 cm³/mol. The van der Waals surface area contributed by atoms with Gasteiger partial charge in [-0.15, -0.1) is 0 Å². The quantitative estimate of drug-likeness (QED) is 0.649. The van der Waals surface area contributed by atoms with Crippen LogP contribution in [0.25, 0.3) is 10.9 Å². The number of carbonyl (C=O) groups excluding carboxylic acids is 1. The zero-order chi connectivity index (χ0) is 13.4. The Morgan fingerprint density at radius 3 is 2.67 bits per heavy atom. The van der Waals surface area contributed by atoms with Crippen LogP contribution in [0.3, 0.4) is 0 Å². The van der Waals surface area contributed by atoms with Gasteiger partial charge in [-0.25, -0.2) is 13.6 Å². The normalized spacial score (nSPS) is 10.7. The van der Waals surface area contributed by atoms with Crippen LogP contribution in [0.4, 0.5) is 8.78 Å². The van der Waals surface area contributed by atoms with E-state index >= 15 is 0 Å². The zero-order valence-corrected chi connectivity index (χ0v) is 10.6. The zero-order valence-electron chi connectivity index (χ0n) is 9.01. The lowest BCUT2D eigenvalue weighted by Crippen LogP contribution is -2.18. The van der Waals surface area contributed by atoms with Crippen LogP contribution < -0.4 is 5.43 Å². The van der Waals surface area contributed by atoms with Gasteiger partial charge in [0.2, 0.25) is 5.43 Å².